The largest absolute Gasteiger partial charge is 0.247 e. The molecule has 1 aromatic carbocycles. The fourth-order valence-corrected chi connectivity index (χ4v) is 1.17. The normalized spacial score (nSPS) is 8.73. The lowest BCUT2D eigenvalue weighted by molar-refractivity contribution is 0.566. The Morgan fingerprint density at radius 2 is 2.09 bits per heavy atom. The van der Waals surface area contributed by atoms with E-state index in [0.717, 1.165) is 11.3 Å². The van der Waals surface area contributed by atoms with Crippen molar-refractivity contribution in [2.75, 3.05) is 0 Å². The Hall–Kier alpha value is -1.05. The summed E-state index contributed by atoms with van der Waals surface area (Å²) in [6.07, 6.45) is 1.48. The van der Waals surface area contributed by atoms with E-state index in [-0.39, 0.29) is 0 Å². The molecule has 0 aliphatic rings. The minimum atomic E-state index is 0.732. The molecule has 0 aliphatic heterocycles. The molecule has 1 rings (SSSR count). The molecule has 1 aromatic rings. The van der Waals surface area contributed by atoms with Crippen LogP contribution in [0.25, 0.3) is 0 Å². The molecule has 0 bridgehead atoms. The second-order valence-electron chi connectivity index (χ2n) is 1.94. The van der Waals surface area contributed by atoms with E-state index >= 15 is 0 Å². The number of hydrogen-bond acceptors (Lipinski definition) is 3. The van der Waals surface area contributed by atoms with Crippen LogP contribution in [0.2, 0.25) is 0 Å². The van der Waals surface area contributed by atoms with Crippen LogP contribution in [0.3, 0.4) is 0 Å². The molecule has 0 N–H and O–H groups in total. The first-order chi connectivity index (χ1) is 5.43. The van der Waals surface area contributed by atoms with Crippen molar-refractivity contribution < 1.29 is 4.79 Å². The van der Waals surface area contributed by atoms with Crippen molar-refractivity contribution >= 4 is 18.0 Å². The molecule has 11 heavy (non-hydrogen) atoms. The SMILES string of the molecule is O=C=NSCc1ccccc1. The minimum absolute atomic E-state index is 0.732. The first-order valence-electron chi connectivity index (χ1n) is 3.16. The molecular formula is C8H7NOS. The number of benzene rings is 1. The summed E-state index contributed by atoms with van der Waals surface area (Å²) in [6.45, 7) is 0. The Labute approximate surface area is 69.5 Å². The Kier molecular flexibility index (Phi) is 3.45. The second-order valence-corrected chi connectivity index (χ2v) is 2.67. The summed E-state index contributed by atoms with van der Waals surface area (Å²) in [5.74, 6) is 0.732. The molecule has 56 valence electrons. The van der Waals surface area contributed by atoms with Crippen LogP contribution in [0, 0.1) is 0 Å². The molecule has 0 saturated heterocycles. The van der Waals surface area contributed by atoms with Crippen molar-refractivity contribution in [3.8, 4) is 0 Å². The molecule has 0 unspecified atom stereocenters. The monoisotopic (exact) mass is 165 g/mol. The Balaban J connectivity index is 2.45. The highest BCUT2D eigenvalue weighted by molar-refractivity contribution is 7.97. The van der Waals surface area contributed by atoms with Gasteiger partial charge < -0.3 is 0 Å². The van der Waals surface area contributed by atoms with Crippen LogP contribution in [0.5, 0.6) is 0 Å². The van der Waals surface area contributed by atoms with E-state index in [0.29, 0.717) is 0 Å². The highest BCUT2D eigenvalue weighted by atomic mass is 32.2. The van der Waals surface area contributed by atoms with Gasteiger partial charge in [0.1, 0.15) is 0 Å². The summed E-state index contributed by atoms with van der Waals surface area (Å²) in [4.78, 5) is 9.68. The molecule has 0 aromatic heterocycles. The highest BCUT2D eigenvalue weighted by Crippen LogP contribution is 2.10. The van der Waals surface area contributed by atoms with Gasteiger partial charge in [-0.3, -0.25) is 0 Å². The highest BCUT2D eigenvalue weighted by Gasteiger charge is 1.88. The van der Waals surface area contributed by atoms with E-state index in [1.54, 1.807) is 0 Å². The molecule has 0 atom stereocenters. The van der Waals surface area contributed by atoms with Crippen LogP contribution < -0.4 is 0 Å². The molecule has 3 heteroatoms. The smallest absolute Gasteiger partial charge is 0.210 e. The number of carbonyl (C=O) groups excluding carboxylic acids is 1. The number of isocyanates is 1. The third-order valence-corrected chi connectivity index (χ3v) is 1.84. The summed E-state index contributed by atoms with van der Waals surface area (Å²) in [5.41, 5.74) is 1.16. The lowest BCUT2D eigenvalue weighted by Gasteiger charge is -1.92. The number of hydrogen-bond donors (Lipinski definition) is 0. The Morgan fingerprint density at radius 1 is 1.36 bits per heavy atom. The topological polar surface area (TPSA) is 29.4 Å². The first kappa shape index (κ1) is 8.05. The van der Waals surface area contributed by atoms with Crippen molar-refractivity contribution in [2.45, 2.75) is 5.75 Å². The molecule has 0 radical (unpaired) electrons. The predicted molar refractivity (Wildman–Crippen MR) is 45.9 cm³/mol. The summed E-state index contributed by atoms with van der Waals surface area (Å²) in [6, 6.07) is 9.86. The van der Waals surface area contributed by atoms with Crippen molar-refractivity contribution in [3.63, 3.8) is 0 Å². The first-order valence-corrected chi connectivity index (χ1v) is 4.11. The molecule has 0 fully saturated rings. The average molecular weight is 165 g/mol. The summed E-state index contributed by atoms with van der Waals surface area (Å²) >= 11 is 1.21. The van der Waals surface area contributed by atoms with Crippen LogP contribution >= 0.6 is 11.9 Å². The third kappa shape index (κ3) is 3.03. The van der Waals surface area contributed by atoms with Gasteiger partial charge in [0, 0.05) is 5.75 Å². The molecule has 0 heterocycles. The quantitative estimate of drug-likeness (QED) is 0.390. The lowest BCUT2D eigenvalue weighted by Crippen LogP contribution is -1.75. The second kappa shape index (κ2) is 4.72. The fourth-order valence-electron chi connectivity index (χ4n) is 0.707. The maximum atomic E-state index is 9.68. The van der Waals surface area contributed by atoms with Gasteiger partial charge in [-0.15, -0.1) is 4.40 Å². The molecule has 0 aliphatic carbocycles. The van der Waals surface area contributed by atoms with Gasteiger partial charge in [-0.2, -0.15) is 0 Å². The molecule has 0 spiro atoms. The Morgan fingerprint density at radius 3 is 2.73 bits per heavy atom. The van der Waals surface area contributed by atoms with Crippen LogP contribution in [0.15, 0.2) is 34.7 Å². The van der Waals surface area contributed by atoms with E-state index < -0.39 is 0 Å². The predicted octanol–water partition coefficient (Wildman–Crippen LogP) is 2.17. The van der Waals surface area contributed by atoms with E-state index in [1.165, 1.54) is 18.0 Å². The van der Waals surface area contributed by atoms with Crippen LogP contribution in [-0.4, -0.2) is 6.08 Å². The van der Waals surface area contributed by atoms with E-state index in [9.17, 15) is 4.79 Å². The molecular weight excluding hydrogens is 158 g/mol. The molecule has 0 amide bonds. The zero-order valence-electron chi connectivity index (χ0n) is 5.86. The van der Waals surface area contributed by atoms with Crippen molar-refractivity contribution in [1.29, 1.82) is 0 Å². The minimum Gasteiger partial charge on any atom is -0.210 e. The van der Waals surface area contributed by atoms with Gasteiger partial charge in [-0.25, -0.2) is 4.79 Å². The van der Waals surface area contributed by atoms with E-state index in [1.807, 2.05) is 30.3 Å². The third-order valence-electron chi connectivity index (χ3n) is 1.18. The summed E-state index contributed by atoms with van der Waals surface area (Å²) < 4.78 is 3.38. The molecule has 2 nitrogen and oxygen atoms in total. The maximum absolute atomic E-state index is 9.68. The van der Waals surface area contributed by atoms with Crippen LogP contribution in [0.4, 0.5) is 0 Å². The van der Waals surface area contributed by atoms with E-state index in [2.05, 4.69) is 4.40 Å². The summed E-state index contributed by atoms with van der Waals surface area (Å²) in [7, 11) is 0. The van der Waals surface area contributed by atoms with Gasteiger partial charge >= 0.3 is 0 Å². The average Bonchev–Trinajstić information content (AvgIpc) is 2.07. The number of nitrogens with zero attached hydrogens (tertiary/aromatic N) is 1. The Bertz CT molecular complexity index is 254. The van der Waals surface area contributed by atoms with Gasteiger partial charge in [-0.05, 0) is 17.5 Å². The zero-order valence-corrected chi connectivity index (χ0v) is 6.67. The maximum Gasteiger partial charge on any atom is 0.247 e. The van der Waals surface area contributed by atoms with Gasteiger partial charge in [0.05, 0.1) is 0 Å². The zero-order chi connectivity index (χ0) is 7.94. The summed E-state index contributed by atoms with van der Waals surface area (Å²) in [5, 5.41) is 0. The van der Waals surface area contributed by atoms with E-state index in [4.69, 9.17) is 0 Å². The fraction of sp³-hybridized carbons (Fsp3) is 0.125. The van der Waals surface area contributed by atoms with Crippen LogP contribution in [-0.2, 0) is 10.5 Å². The van der Waals surface area contributed by atoms with Crippen molar-refractivity contribution in [2.24, 2.45) is 4.40 Å². The van der Waals surface area contributed by atoms with Gasteiger partial charge in [-0.1, -0.05) is 30.3 Å². The van der Waals surface area contributed by atoms with Gasteiger partial charge in [0.25, 0.3) is 0 Å². The standard InChI is InChI=1S/C8H7NOS/c10-7-9-11-6-8-4-2-1-3-5-8/h1-5H,6H2. The van der Waals surface area contributed by atoms with Gasteiger partial charge in [0.15, 0.2) is 0 Å². The van der Waals surface area contributed by atoms with Crippen LogP contribution in [0.1, 0.15) is 5.56 Å². The van der Waals surface area contributed by atoms with Crippen molar-refractivity contribution in [1.82, 2.24) is 0 Å². The van der Waals surface area contributed by atoms with Crippen molar-refractivity contribution in [3.05, 3.63) is 35.9 Å². The van der Waals surface area contributed by atoms with Gasteiger partial charge in [0.2, 0.25) is 6.08 Å². The molecule has 0 saturated carbocycles. The lowest BCUT2D eigenvalue weighted by atomic mass is 10.2. The number of rotatable bonds is 3.